The number of amides is 1. The summed E-state index contributed by atoms with van der Waals surface area (Å²) in [6, 6.07) is 7.60. The van der Waals surface area contributed by atoms with Gasteiger partial charge in [-0.3, -0.25) is 4.79 Å². The number of carbonyl (C=O) groups excluding carboxylic acids is 1. The van der Waals surface area contributed by atoms with Crippen LogP contribution in [0.2, 0.25) is 0 Å². The summed E-state index contributed by atoms with van der Waals surface area (Å²) >= 11 is 1.57. The maximum atomic E-state index is 12.0. The molecule has 3 rings (SSSR count). The Balaban J connectivity index is 1.63. The molecule has 96 valence electrons. The zero-order valence-electron chi connectivity index (χ0n) is 10.2. The van der Waals surface area contributed by atoms with Crippen LogP contribution in [0.3, 0.4) is 0 Å². The number of rotatable bonds is 4. The van der Waals surface area contributed by atoms with E-state index in [0.717, 1.165) is 23.0 Å². The lowest BCUT2D eigenvalue weighted by Gasteiger charge is -2.04. The molecule has 0 aliphatic heterocycles. The minimum Gasteiger partial charge on any atom is -0.361 e. The first kappa shape index (κ1) is 11.9. The first-order valence-electron chi connectivity index (χ1n) is 6.05. The topological polar surface area (TPSA) is 57.8 Å². The number of nitrogens with zero attached hydrogens (tertiary/aromatic N) is 1. The van der Waals surface area contributed by atoms with E-state index in [-0.39, 0.29) is 5.91 Å². The average Bonchev–Trinajstić information content (AvgIpc) is 3.08. The maximum Gasteiger partial charge on any atom is 0.251 e. The molecule has 2 aromatic heterocycles. The molecule has 4 nitrogen and oxygen atoms in total. The second-order valence-corrected chi connectivity index (χ2v) is 4.98. The number of hydrogen-bond acceptors (Lipinski definition) is 3. The van der Waals surface area contributed by atoms with Crippen LogP contribution in [-0.2, 0) is 6.42 Å². The van der Waals surface area contributed by atoms with Gasteiger partial charge in [0.15, 0.2) is 0 Å². The normalized spacial score (nSPS) is 10.7. The van der Waals surface area contributed by atoms with Crippen molar-refractivity contribution in [3.63, 3.8) is 0 Å². The lowest BCUT2D eigenvalue weighted by molar-refractivity contribution is 0.0954. The number of aromatic nitrogens is 2. The zero-order chi connectivity index (χ0) is 13.1. The van der Waals surface area contributed by atoms with E-state index in [0.29, 0.717) is 12.1 Å². The highest BCUT2D eigenvalue weighted by Crippen LogP contribution is 2.14. The Morgan fingerprint density at radius 3 is 3.16 bits per heavy atom. The van der Waals surface area contributed by atoms with Gasteiger partial charge in [0.25, 0.3) is 5.91 Å². The molecule has 0 atom stereocenters. The fraction of sp³-hybridized carbons (Fsp3) is 0.143. The van der Waals surface area contributed by atoms with Crippen LogP contribution >= 0.6 is 11.3 Å². The molecule has 0 fully saturated rings. The summed E-state index contributed by atoms with van der Waals surface area (Å²) in [5.74, 6) is -0.0432. The molecule has 0 saturated carbocycles. The number of aromatic amines is 1. The van der Waals surface area contributed by atoms with E-state index in [4.69, 9.17) is 0 Å². The molecule has 2 N–H and O–H groups in total. The third-order valence-corrected chi connectivity index (χ3v) is 3.60. The summed E-state index contributed by atoms with van der Waals surface area (Å²) in [7, 11) is 0. The fourth-order valence-electron chi connectivity index (χ4n) is 1.96. The summed E-state index contributed by atoms with van der Waals surface area (Å²) in [6.45, 7) is 0.605. The smallest absolute Gasteiger partial charge is 0.251 e. The predicted molar refractivity (Wildman–Crippen MR) is 76.4 cm³/mol. The van der Waals surface area contributed by atoms with Crippen LogP contribution in [-0.4, -0.2) is 22.4 Å². The highest BCUT2D eigenvalue weighted by atomic mass is 32.1. The van der Waals surface area contributed by atoms with Gasteiger partial charge in [0.2, 0.25) is 0 Å². The Morgan fingerprint density at radius 2 is 2.32 bits per heavy atom. The summed E-state index contributed by atoms with van der Waals surface area (Å²) in [5, 5.41) is 5.96. The van der Waals surface area contributed by atoms with Crippen molar-refractivity contribution in [2.75, 3.05) is 6.54 Å². The summed E-state index contributed by atoms with van der Waals surface area (Å²) in [5.41, 5.74) is 4.55. The van der Waals surface area contributed by atoms with Crippen LogP contribution in [0, 0.1) is 0 Å². The van der Waals surface area contributed by atoms with Crippen LogP contribution in [0.1, 0.15) is 16.1 Å². The Bertz CT molecular complexity index is 688. The molecule has 0 unspecified atom stereocenters. The first-order valence-corrected chi connectivity index (χ1v) is 6.99. The maximum absolute atomic E-state index is 12.0. The van der Waals surface area contributed by atoms with Crippen LogP contribution in [0.5, 0.6) is 0 Å². The number of nitrogens with one attached hydrogen (secondary N) is 2. The first-order chi connectivity index (χ1) is 9.33. The van der Waals surface area contributed by atoms with E-state index in [9.17, 15) is 4.79 Å². The Morgan fingerprint density at radius 1 is 1.37 bits per heavy atom. The minimum atomic E-state index is -0.0432. The second-order valence-electron chi connectivity index (χ2n) is 4.27. The van der Waals surface area contributed by atoms with Crippen molar-refractivity contribution in [2.45, 2.75) is 6.42 Å². The number of H-pyrrole nitrogens is 1. The van der Waals surface area contributed by atoms with Gasteiger partial charge in [-0.1, -0.05) is 0 Å². The third-order valence-electron chi connectivity index (χ3n) is 2.97. The van der Waals surface area contributed by atoms with E-state index >= 15 is 0 Å². The van der Waals surface area contributed by atoms with E-state index < -0.39 is 0 Å². The van der Waals surface area contributed by atoms with E-state index in [1.54, 1.807) is 16.8 Å². The van der Waals surface area contributed by atoms with Crippen molar-refractivity contribution < 1.29 is 4.79 Å². The van der Waals surface area contributed by atoms with E-state index in [2.05, 4.69) is 15.3 Å². The molecule has 0 saturated heterocycles. The molecule has 0 spiro atoms. The molecular weight excluding hydrogens is 258 g/mol. The molecule has 0 aliphatic carbocycles. The highest BCUT2D eigenvalue weighted by molar-refractivity contribution is 7.07. The molecule has 1 aromatic carbocycles. The molecule has 2 heterocycles. The largest absolute Gasteiger partial charge is 0.361 e. The van der Waals surface area contributed by atoms with Crippen molar-refractivity contribution in [1.29, 1.82) is 0 Å². The van der Waals surface area contributed by atoms with Gasteiger partial charge in [0, 0.05) is 41.0 Å². The number of fused-ring (bicyclic) bond motifs is 1. The molecule has 0 aliphatic rings. The molecule has 19 heavy (non-hydrogen) atoms. The molecule has 5 heteroatoms. The van der Waals surface area contributed by atoms with Crippen LogP contribution in [0.4, 0.5) is 0 Å². The van der Waals surface area contributed by atoms with Crippen molar-refractivity contribution in [3.8, 4) is 0 Å². The lowest BCUT2D eigenvalue weighted by atomic mass is 10.1. The van der Waals surface area contributed by atoms with Gasteiger partial charge < -0.3 is 10.3 Å². The van der Waals surface area contributed by atoms with E-state index in [1.165, 1.54) is 0 Å². The van der Waals surface area contributed by atoms with Gasteiger partial charge in [-0.05, 0) is 24.3 Å². The van der Waals surface area contributed by atoms with Gasteiger partial charge in [-0.25, -0.2) is 4.98 Å². The van der Waals surface area contributed by atoms with Crippen molar-refractivity contribution >= 4 is 28.1 Å². The molecule has 0 radical (unpaired) electrons. The van der Waals surface area contributed by atoms with Gasteiger partial charge >= 0.3 is 0 Å². The van der Waals surface area contributed by atoms with Crippen molar-refractivity contribution in [2.24, 2.45) is 0 Å². The second kappa shape index (κ2) is 5.24. The average molecular weight is 271 g/mol. The Hall–Kier alpha value is -2.14. The number of carbonyl (C=O) groups is 1. The van der Waals surface area contributed by atoms with Crippen LogP contribution in [0.15, 0.2) is 41.4 Å². The number of thiazole rings is 1. The number of hydrogen-bond donors (Lipinski definition) is 2. The molecule has 0 bridgehead atoms. The molecular formula is C14H13N3OS. The summed E-state index contributed by atoms with van der Waals surface area (Å²) < 4.78 is 0. The Kier molecular flexibility index (Phi) is 3.29. The van der Waals surface area contributed by atoms with Gasteiger partial charge in [0.05, 0.1) is 11.2 Å². The fourth-order valence-corrected chi connectivity index (χ4v) is 2.55. The standard InChI is InChI=1S/C14H13N3OS/c18-14(16-6-4-12-8-19-9-17-12)11-1-2-13-10(7-11)3-5-15-13/h1-3,5,7-9,15H,4,6H2,(H,16,18). The summed E-state index contributed by atoms with van der Waals surface area (Å²) in [6.07, 6.45) is 2.64. The highest BCUT2D eigenvalue weighted by Gasteiger charge is 2.06. The SMILES string of the molecule is O=C(NCCc1cscn1)c1ccc2[nH]ccc2c1. The summed E-state index contributed by atoms with van der Waals surface area (Å²) in [4.78, 5) is 19.3. The third kappa shape index (κ3) is 2.66. The minimum absolute atomic E-state index is 0.0432. The van der Waals surface area contributed by atoms with Gasteiger partial charge in [-0.15, -0.1) is 11.3 Å². The predicted octanol–water partition coefficient (Wildman–Crippen LogP) is 2.60. The van der Waals surface area contributed by atoms with Crippen LogP contribution < -0.4 is 5.32 Å². The quantitative estimate of drug-likeness (QED) is 0.766. The van der Waals surface area contributed by atoms with Gasteiger partial charge in [0.1, 0.15) is 0 Å². The zero-order valence-corrected chi connectivity index (χ0v) is 11.0. The molecule has 3 aromatic rings. The van der Waals surface area contributed by atoms with Gasteiger partial charge in [-0.2, -0.15) is 0 Å². The number of benzene rings is 1. The van der Waals surface area contributed by atoms with Crippen LogP contribution in [0.25, 0.3) is 10.9 Å². The molecule has 1 amide bonds. The lowest BCUT2D eigenvalue weighted by Crippen LogP contribution is -2.25. The van der Waals surface area contributed by atoms with E-state index in [1.807, 2.05) is 35.8 Å². The Labute approximate surface area is 114 Å². The van der Waals surface area contributed by atoms with Crippen molar-refractivity contribution in [3.05, 3.63) is 52.6 Å². The monoisotopic (exact) mass is 271 g/mol. The van der Waals surface area contributed by atoms with Crippen molar-refractivity contribution in [1.82, 2.24) is 15.3 Å².